The number of hydrogen-bond acceptors (Lipinski definition) is 4. The van der Waals surface area contributed by atoms with E-state index >= 15 is 0 Å². The SMILES string of the molecule is O=C(Nc1cnn(-c2ccc(Cl)cc2)c1)[C@@H]1CCc2n[nH]nc2C1. The molecule has 24 heavy (non-hydrogen) atoms. The Labute approximate surface area is 143 Å². The van der Waals surface area contributed by atoms with Crippen LogP contribution in [-0.4, -0.2) is 31.1 Å². The third-order valence-corrected chi connectivity index (χ3v) is 4.44. The van der Waals surface area contributed by atoms with E-state index < -0.39 is 0 Å². The molecule has 2 N–H and O–H groups in total. The number of amides is 1. The van der Waals surface area contributed by atoms with Crippen molar-refractivity contribution < 1.29 is 4.79 Å². The number of halogens is 1. The number of H-pyrrole nitrogens is 1. The quantitative estimate of drug-likeness (QED) is 0.765. The molecule has 1 amide bonds. The van der Waals surface area contributed by atoms with Crippen LogP contribution in [0, 0.1) is 5.92 Å². The maximum Gasteiger partial charge on any atom is 0.227 e. The highest BCUT2D eigenvalue weighted by Gasteiger charge is 2.27. The van der Waals surface area contributed by atoms with E-state index in [2.05, 4.69) is 25.8 Å². The van der Waals surface area contributed by atoms with Crippen molar-refractivity contribution in [3.05, 3.63) is 53.1 Å². The van der Waals surface area contributed by atoms with E-state index in [1.54, 1.807) is 29.2 Å². The van der Waals surface area contributed by atoms with E-state index in [1.165, 1.54) is 0 Å². The molecule has 0 unspecified atom stereocenters. The van der Waals surface area contributed by atoms with Crippen molar-refractivity contribution in [2.75, 3.05) is 5.32 Å². The number of rotatable bonds is 3. The molecule has 0 saturated carbocycles. The van der Waals surface area contributed by atoms with E-state index in [9.17, 15) is 4.79 Å². The highest BCUT2D eigenvalue weighted by Crippen LogP contribution is 2.24. The molecule has 1 aromatic carbocycles. The fraction of sp³-hybridized carbons (Fsp3) is 0.250. The molecule has 0 spiro atoms. The van der Waals surface area contributed by atoms with Gasteiger partial charge < -0.3 is 5.32 Å². The van der Waals surface area contributed by atoms with Gasteiger partial charge in [-0.3, -0.25) is 4.79 Å². The van der Waals surface area contributed by atoms with Crippen molar-refractivity contribution in [3.8, 4) is 5.69 Å². The first-order valence-corrected chi connectivity index (χ1v) is 8.07. The van der Waals surface area contributed by atoms with Gasteiger partial charge in [0.2, 0.25) is 5.91 Å². The number of nitrogens with one attached hydrogen (secondary N) is 2. The van der Waals surface area contributed by atoms with Gasteiger partial charge in [-0.15, -0.1) is 0 Å². The van der Waals surface area contributed by atoms with Crippen LogP contribution < -0.4 is 5.32 Å². The summed E-state index contributed by atoms with van der Waals surface area (Å²) in [6, 6.07) is 7.34. The summed E-state index contributed by atoms with van der Waals surface area (Å²) in [5.41, 5.74) is 3.40. The highest BCUT2D eigenvalue weighted by molar-refractivity contribution is 6.30. The number of benzene rings is 1. The Morgan fingerprint density at radius 2 is 2.04 bits per heavy atom. The van der Waals surface area contributed by atoms with Crippen molar-refractivity contribution in [1.29, 1.82) is 0 Å². The van der Waals surface area contributed by atoms with Gasteiger partial charge in [0.05, 0.1) is 35.2 Å². The van der Waals surface area contributed by atoms with Gasteiger partial charge in [-0.1, -0.05) is 11.6 Å². The fourth-order valence-electron chi connectivity index (χ4n) is 2.88. The van der Waals surface area contributed by atoms with Crippen LogP contribution in [-0.2, 0) is 17.6 Å². The lowest BCUT2D eigenvalue weighted by Crippen LogP contribution is -2.28. The van der Waals surface area contributed by atoms with Crippen LogP contribution >= 0.6 is 11.6 Å². The summed E-state index contributed by atoms with van der Waals surface area (Å²) >= 11 is 5.89. The van der Waals surface area contributed by atoms with Crippen molar-refractivity contribution >= 4 is 23.2 Å². The van der Waals surface area contributed by atoms with Gasteiger partial charge in [-0.2, -0.15) is 20.5 Å². The van der Waals surface area contributed by atoms with Crippen LogP contribution in [0.2, 0.25) is 5.02 Å². The van der Waals surface area contributed by atoms with Crippen LogP contribution in [0.25, 0.3) is 5.69 Å². The molecule has 1 aliphatic rings. The monoisotopic (exact) mass is 342 g/mol. The molecule has 0 fully saturated rings. The minimum atomic E-state index is -0.0959. The smallest absolute Gasteiger partial charge is 0.227 e. The molecule has 4 rings (SSSR count). The van der Waals surface area contributed by atoms with Gasteiger partial charge in [0.1, 0.15) is 0 Å². The molecule has 3 aromatic rings. The Bertz CT molecular complexity index is 869. The van der Waals surface area contributed by atoms with Crippen LogP contribution in [0.3, 0.4) is 0 Å². The molecule has 2 heterocycles. The van der Waals surface area contributed by atoms with Crippen molar-refractivity contribution in [2.24, 2.45) is 5.92 Å². The lowest BCUT2D eigenvalue weighted by Gasteiger charge is -2.19. The minimum Gasteiger partial charge on any atom is -0.323 e. The highest BCUT2D eigenvalue weighted by atomic mass is 35.5. The minimum absolute atomic E-state index is 0.0145. The van der Waals surface area contributed by atoms with Crippen LogP contribution in [0.15, 0.2) is 36.7 Å². The number of anilines is 1. The molecule has 0 aliphatic heterocycles. The largest absolute Gasteiger partial charge is 0.323 e. The molecule has 1 atom stereocenters. The third kappa shape index (κ3) is 2.90. The second-order valence-electron chi connectivity index (χ2n) is 5.80. The molecule has 7 nitrogen and oxygen atoms in total. The molecule has 2 aromatic heterocycles. The number of hydrogen-bond donors (Lipinski definition) is 2. The second-order valence-corrected chi connectivity index (χ2v) is 6.23. The van der Waals surface area contributed by atoms with E-state index in [4.69, 9.17) is 11.6 Å². The summed E-state index contributed by atoms with van der Waals surface area (Å²) in [5.74, 6) is -0.110. The maximum atomic E-state index is 12.5. The van der Waals surface area contributed by atoms with Crippen LogP contribution in [0.4, 0.5) is 5.69 Å². The molecule has 0 saturated heterocycles. The van der Waals surface area contributed by atoms with Gasteiger partial charge in [-0.05, 0) is 37.1 Å². The summed E-state index contributed by atoms with van der Waals surface area (Å²) in [7, 11) is 0. The molecule has 122 valence electrons. The van der Waals surface area contributed by atoms with E-state index in [-0.39, 0.29) is 11.8 Å². The van der Waals surface area contributed by atoms with Crippen molar-refractivity contribution in [2.45, 2.75) is 19.3 Å². The molecular weight excluding hydrogens is 328 g/mol. The average Bonchev–Trinajstić information content (AvgIpc) is 3.24. The Hall–Kier alpha value is -2.67. The van der Waals surface area contributed by atoms with Gasteiger partial charge in [0.15, 0.2) is 0 Å². The Morgan fingerprint density at radius 1 is 1.25 bits per heavy atom. The molecule has 0 radical (unpaired) electrons. The summed E-state index contributed by atoms with van der Waals surface area (Å²) in [4.78, 5) is 12.5. The van der Waals surface area contributed by atoms with E-state index in [0.29, 0.717) is 17.1 Å². The number of carbonyl (C=O) groups excluding carboxylic acids is 1. The predicted molar refractivity (Wildman–Crippen MR) is 89.1 cm³/mol. The third-order valence-electron chi connectivity index (χ3n) is 4.18. The van der Waals surface area contributed by atoms with Crippen molar-refractivity contribution in [3.63, 3.8) is 0 Å². The lowest BCUT2D eigenvalue weighted by molar-refractivity contribution is -0.120. The maximum absolute atomic E-state index is 12.5. The number of nitrogens with zero attached hydrogens (tertiary/aromatic N) is 4. The zero-order chi connectivity index (χ0) is 16.5. The first kappa shape index (κ1) is 14.9. The summed E-state index contributed by atoms with van der Waals surface area (Å²) < 4.78 is 1.70. The van der Waals surface area contributed by atoms with Gasteiger partial charge in [-0.25, -0.2) is 4.68 Å². The molecular formula is C16H15ClN6O. The zero-order valence-electron chi connectivity index (χ0n) is 12.7. The number of fused-ring (bicyclic) bond motifs is 1. The van der Waals surface area contributed by atoms with Crippen LogP contribution in [0.5, 0.6) is 0 Å². The topological polar surface area (TPSA) is 88.5 Å². The predicted octanol–water partition coefficient (Wildman–Crippen LogP) is 2.39. The first-order valence-electron chi connectivity index (χ1n) is 7.69. The van der Waals surface area contributed by atoms with Gasteiger partial charge in [0.25, 0.3) is 0 Å². The summed E-state index contributed by atoms with van der Waals surface area (Å²) in [6.45, 7) is 0. The van der Waals surface area contributed by atoms with E-state index in [1.807, 2.05) is 12.1 Å². The van der Waals surface area contributed by atoms with Crippen molar-refractivity contribution in [1.82, 2.24) is 25.2 Å². The average molecular weight is 343 g/mol. The molecule has 1 aliphatic carbocycles. The van der Waals surface area contributed by atoms with Gasteiger partial charge in [0, 0.05) is 17.4 Å². The number of carbonyl (C=O) groups is 1. The molecule has 8 heteroatoms. The summed E-state index contributed by atoms with van der Waals surface area (Å²) in [6.07, 6.45) is 5.58. The fourth-order valence-corrected chi connectivity index (χ4v) is 3.00. The Morgan fingerprint density at radius 3 is 2.88 bits per heavy atom. The van der Waals surface area contributed by atoms with Gasteiger partial charge >= 0.3 is 0 Å². The van der Waals surface area contributed by atoms with E-state index in [0.717, 1.165) is 29.9 Å². The van der Waals surface area contributed by atoms with Crippen LogP contribution in [0.1, 0.15) is 17.8 Å². The summed E-state index contributed by atoms with van der Waals surface area (Å²) in [5, 5.41) is 18.7. The standard InChI is InChI=1S/C16H15ClN6O/c17-11-2-4-13(5-3-11)23-9-12(8-18-23)19-16(24)10-1-6-14-15(7-10)21-22-20-14/h2-5,8-10H,1,6-7H2,(H,19,24)(H,20,21,22)/t10-/m1/s1. The Balaban J connectivity index is 1.44. The number of aryl methyl sites for hydroxylation is 1. The number of aromatic amines is 1. The normalized spacial score (nSPS) is 16.6. The Kier molecular flexibility index (Phi) is 3.78. The lowest BCUT2D eigenvalue weighted by atomic mass is 9.89. The zero-order valence-corrected chi connectivity index (χ0v) is 13.5. The number of aromatic nitrogens is 5. The second kappa shape index (κ2) is 6.09. The molecule has 0 bridgehead atoms. The first-order chi connectivity index (χ1) is 11.7.